The molecule has 0 aromatic heterocycles. The molecule has 0 aliphatic rings. The van der Waals surface area contributed by atoms with Crippen molar-refractivity contribution >= 4 is 45.7 Å². The number of nitro groups is 2. The average molecular weight is 984 g/mol. The first-order chi connectivity index (χ1) is 29.2. The van der Waals surface area contributed by atoms with E-state index in [0.29, 0.717) is 6.07 Å². The van der Waals surface area contributed by atoms with Gasteiger partial charge in [0, 0.05) is 16.5 Å². The minimum Gasteiger partial charge on any atom is -1.00 e. The summed E-state index contributed by atoms with van der Waals surface area (Å²) in [5, 5.41) is 41.4. The summed E-state index contributed by atoms with van der Waals surface area (Å²) >= 11 is 3.36. The summed E-state index contributed by atoms with van der Waals surface area (Å²) in [6.07, 6.45) is 0. The van der Waals surface area contributed by atoms with E-state index in [1.54, 1.807) is 72.8 Å². The fourth-order valence-electron chi connectivity index (χ4n) is 4.94. The maximum atomic E-state index is 14.3. The molecule has 0 fully saturated rings. The first kappa shape index (κ1) is 56.7. The quantitative estimate of drug-likeness (QED) is 0.0289. The van der Waals surface area contributed by atoms with Gasteiger partial charge in [0.1, 0.15) is 40.9 Å². The van der Waals surface area contributed by atoms with E-state index in [4.69, 9.17) is 24.3 Å². The van der Waals surface area contributed by atoms with Crippen LogP contribution >= 0.6 is 15.9 Å². The van der Waals surface area contributed by atoms with Crippen LogP contribution in [0.3, 0.4) is 0 Å². The molecule has 0 unspecified atom stereocenters. The number of benzene rings is 6. The zero-order chi connectivity index (χ0) is 44.9. The number of esters is 2. The minimum atomic E-state index is -1.07. The van der Waals surface area contributed by atoms with Crippen molar-refractivity contribution in [1.29, 1.82) is 0 Å². The Labute approximate surface area is 454 Å². The van der Waals surface area contributed by atoms with Crippen molar-refractivity contribution in [1.82, 2.24) is 0 Å². The van der Waals surface area contributed by atoms with Crippen molar-refractivity contribution in [2.75, 3.05) is 0 Å². The number of nitro benzene ring substituents is 2. The van der Waals surface area contributed by atoms with Crippen LogP contribution in [0.5, 0.6) is 23.0 Å². The first-order valence-corrected chi connectivity index (χ1v) is 18.5. The summed E-state index contributed by atoms with van der Waals surface area (Å²) < 4.78 is 43.8. The molecule has 0 saturated carbocycles. The molecule has 1 N–H and O–H groups in total. The topological polar surface area (TPSA) is 218 Å². The Bertz CT molecular complexity index is 2430. The van der Waals surface area contributed by atoms with Gasteiger partial charge in [-0.15, -0.1) is 0 Å². The van der Waals surface area contributed by atoms with E-state index in [0.717, 1.165) is 17.0 Å². The average Bonchev–Trinajstić information content (AvgIpc) is 3.26. The molecule has 318 valence electrons. The predicted molar refractivity (Wildman–Crippen MR) is 218 cm³/mol. The van der Waals surface area contributed by atoms with Crippen LogP contribution in [0.25, 0.3) is 0 Å². The van der Waals surface area contributed by atoms with Crippen molar-refractivity contribution < 1.29 is 167 Å². The smallest absolute Gasteiger partial charge is 1.00 e. The molecular weight excluding hydrogens is 949 g/mol. The molecule has 0 heterocycles. The van der Waals surface area contributed by atoms with Crippen LogP contribution in [0.15, 0.2) is 133 Å². The van der Waals surface area contributed by atoms with Crippen molar-refractivity contribution in [2.45, 2.75) is 25.8 Å². The summed E-state index contributed by atoms with van der Waals surface area (Å²) in [5.74, 6) is -4.71. The van der Waals surface area contributed by atoms with Gasteiger partial charge in [0.25, 0.3) is 6.47 Å². The number of hydrogen-bond acceptors (Lipinski definition) is 13. The maximum Gasteiger partial charge on any atom is 1.00 e. The van der Waals surface area contributed by atoms with E-state index >= 15 is 0 Å². The molecule has 0 amide bonds. The van der Waals surface area contributed by atoms with Gasteiger partial charge in [-0.05, 0) is 49.2 Å². The van der Waals surface area contributed by atoms with Crippen LogP contribution < -0.4 is 122 Å². The zero-order valence-corrected chi connectivity index (χ0v) is 41.9. The second-order valence-electron chi connectivity index (χ2n) is 11.9. The van der Waals surface area contributed by atoms with E-state index < -0.39 is 56.1 Å². The number of alkyl halides is 1. The Morgan fingerprint density at radius 3 is 1.43 bits per heavy atom. The number of carbonyl (C=O) groups excluding carboxylic acids is 3. The number of hydrogen-bond donors (Lipinski definition) is 1. The molecule has 6 aromatic rings. The van der Waals surface area contributed by atoms with Gasteiger partial charge >= 0.3 is 126 Å². The Hall–Kier alpha value is -4.30. The van der Waals surface area contributed by atoms with Crippen LogP contribution in [0.1, 0.15) is 44.4 Å². The third kappa shape index (κ3) is 18.0. The fraction of sp³-hybridized carbons (Fsp3) is 0.0930. The molecule has 6 aromatic carbocycles. The number of para-hydroxylation sites is 2. The summed E-state index contributed by atoms with van der Waals surface area (Å²) in [7, 11) is 0. The largest absolute Gasteiger partial charge is 1.00 e. The number of halogens is 3. The Morgan fingerprint density at radius 1 is 0.683 bits per heavy atom. The van der Waals surface area contributed by atoms with E-state index in [2.05, 4.69) is 33.0 Å². The third-order valence-electron chi connectivity index (χ3n) is 7.90. The Morgan fingerprint density at radius 2 is 1.05 bits per heavy atom. The Kier molecular flexibility index (Phi) is 27.0. The van der Waals surface area contributed by atoms with Gasteiger partial charge in [0.15, 0.2) is 0 Å². The summed E-state index contributed by atoms with van der Waals surface area (Å²) in [5.41, 5.74) is -0.656. The van der Waals surface area contributed by atoms with Gasteiger partial charge < -0.3 is 30.9 Å². The normalized spacial score (nSPS) is 9.49. The second kappa shape index (κ2) is 30.0. The van der Waals surface area contributed by atoms with Gasteiger partial charge in [0.2, 0.25) is 11.5 Å². The molecule has 63 heavy (non-hydrogen) atoms. The van der Waals surface area contributed by atoms with Crippen molar-refractivity contribution in [3.8, 4) is 23.0 Å². The molecule has 0 spiro atoms. The molecular formula is C43H35BrF2K2N2O13. The van der Waals surface area contributed by atoms with Crippen LogP contribution in [0.4, 0.5) is 20.2 Å². The number of ether oxygens (including phenoxy) is 3. The second-order valence-corrected chi connectivity index (χ2v) is 12.5. The molecule has 6 rings (SSSR count). The van der Waals surface area contributed by atoms with Gasteiger partial charge in [-0.25, -0.2) is 18.4 Å². The minimum absolute atomic E-state index is 0. The Balaban J connectivity index is 0.000000969. The van der Waals surface area contributed by atoms with Crippen LogP contribution in [0, 0.1) is 45.7 Å². The van der Waals surface area contributed by atoms with Gasteiger partial charge in [-0.2, -0.15) is 0 Å². The zero-order valence-electron chi connectivity index (χ0n) is 35.1. The molecule has 0 radical (unpaired) electrons. The summed E-state index contributed by atoms with van der Waals surface area (Å²) in [6, 6.07) is 36.6. The van der Waals surface area contributed by atoms with Crippen molar-refractivity contribution in [3.63, 3.8) is 0 Å². The van der Waals surface area contributed by atoms with Crippen LogP contribution in [-0.4, -0.2) is 33.4 Å². The number of rotatable bonds is 11. The summed E-state index contributed by atoms with van der Waals surface area (Å²) in [6.45, 7) is 2.36. The fourth-order valence-corrected chi connectivity index (χ4v) is 5.31. The van der Waals surface area contributed by atoms with Crippen molar-refractivity contribution in [3.05, 3.63) is 199 Å². The predicted octanol–water partition coefficient (Wildman–Crippen LogP) is 2.94. The number of aromatic hydroxyl groups is 1. The maximum absolute atomic E-state index is 14.3. The SMILES string of the molecule is BrCc1ccccc1.Cc1c(F)cc([N+](=O)[O-])c(O)c1C(=O)Oc1ccccc1.Cc1c(F)cc([N+](=O)[O-])c(OCc2ccccc2)c1C(=O)Oc1ccccc1.O=CO[O-].[H-].[K+].[K+]. The molecule has 0 aliphatic heterocycles. The summed E-state index contributed by atoms with van der Waals surface area (Å²) in [4.78, 5) is 56.4. The third-order valence-corrected chi connectivity index (χ3v) is 8.55. The monoisotopic (exact) mass is 982 g/mol. The van der Waals surface area contributed by atoms with E-state index in [9.17, 15) is 43.7 Å². The molecule has 0 bridgehead atoms. The number of phenolic OH excluding ortho intramolecular Hbond substituents is 1. The first-order valence-electron chi connectivity index (χ1n) is 17.4. The molecule has 0 atom stereocenters. The van der Waals surface area contributed by atoms with Gasteiger partial charge in [-0.1, -0.05) is 113 Å². The number of nitrogens with zero attached hydrogens (tertiary/aromatic N) is 2. The van der Waals surface area contributed by atoms with Gasteiger partial charge in [-0.3, -0.25) is 25.0 Å². The van der Waals surface area contributed by atoms with E-state index in [-0.39, 0.29) is 151 Å². The molecule has 15 nitrogen and oxygen atoms in total. The van der Waals surface area contributed by atoms with E-state index in [1.807, 2.05) is 24.3 Å². The van der Waals surface area contributed by atoms with Crippen LogP contribution in [-0.2, 0) is 21.6 Å². The molecule has 0 aliphatic carbocycles. The standard InChI is InChI=1S/C21H16FNO5.C14H10FNO5.C7H7Br.CH2O3.2K.H/c1-14-17(22)12-18(23(25)26)20(27-13-15-8-4-2-5-9-15)19(14)21(24)28-16-10-6-3-7-11-16;1-8-10(15)7-11(16(19)20)13(17)12(8)14(18)21-9-5-3-2-4-6-9;8-6-7-4-2-1-3-5-7;2-1-4-3;;;/h2-12H,13H2,1H3;2-7,17H,1H3;1-5H,6H2;1,3H;;;/q;;;;2*+1;-1/p-1. The number of carbonyl (C=O) groups is 3. The van der Waals surface area contributed by atoms with Gasteiger partial charge in [0.05, 0.1) is 22.0 Å². The van der Waals surface area contributed by atoms with Crippen LogP contribution in [0.2, 0.25) is 0 Å². The van der Waals surface area contributed by atoms with Crippen molar-refractivity contribution in [2.24, 2.45) is 0 Å². The molecule has 0 saturated heterocycles. The number of phenols is 1. The molecule has 20 heteroatoms. The van der Waals surface area contributed by atoms with E-state index in [1.165, 1.54) is 31.5 Å².